The van der Waals surface area contributed by atoms with E-state index in [-0.39, 0.29) is 28.5 Å². The summed E-state index contributed by atoms with van der Waals surface area (Å²) in [6.45, 7) is 1.56. The number of halogens is 4. The number of aliphatic imine (C=N–C) groups is 1. The quantitative estimate of drug-likeness (QED) is 0.703. The number of carbonyl (C=O) groups excluding carboxylic acids is 1. The van der Waals surface area contributed by atoms with Crippen LogP contribution in [0.3, 0.4) is 0 Å². The highest BCUT2D eigenvalue weighted by molar-refractivity contribution is 8.15. The molecule has 1 saturated carbocycles. The van der Waals surface area contributed by atoms with Crippen LogP contribution in [0.5, 0.6) is 0 Å². The minimum absolute atomic E-state index is 0.00450. The molecule has 4 rings (SSSR count). The zero-order valence-corrected chi connectivity index (χ0v) is 16.6. The van der Waals surface area contributed by atoms with Crippen molar-refractivity contribution < 1.29 is 18.0 Å². The number of carbonyl (C=O) groups is 1. The van der Waals surface area contributed by atoms with Gasteiger partial charge >= 0.3 is 0 Å². The summed E-state index contributed by atoms with van der Waals surface area (Å²) in [5.74, 6) is -2.01. The second-order valence-corrected chi connectivity index (χ2v) is 8.91. The van der Waals surface area contributed by atoms with Crippen LogP contribution < -0.4 is 11.1 Å². The molecule has 0 aromatic carbocycles. The van der Waals surface area contributed by atoms with Gasteiger partial charge in [-0.1, -0.05) is 23.4 Å². The number of amides is 1. The number of nitrogens with two attached hydrogens (primary N) is 1. The predicted octanol–water partition coefficient (Wildman–Crippen LogP) is 3.82. The first kappa shape index (κ1) is 20.0. The van der Waals surface area contributed by atoms with Crippen molar-refractivity contribution in [3.63, 3.8) is 0 Å². The third kappa shape index (κ3) is 3.33. The highest BCUT2D eigenvalue weighted by Gasteiger charge is 2.71. The van der Waals surface area contributed by atoms with Crippen LogP contribution in [0.15, 0.2) is 35.6 Å². The molecule has 6 nitrogen and oxygen atoms in total. The minimum atomic E-state index is -2.62. The standard InChI is InChI=1S/C18H15ClF3N5OS/c1-17(12-5-18(12,15(21)22)29-16(23)27-17)10-4-9(7-25-13(10)20)26-14(28)11-3-2-8(19)6-24-11/h2-4,6-7,12,15H,5H2,1H3,(H2,23,27)(H,26,28)/t12-,17+,18-/m0/s1. The summed E-state index contributed by atoms with van der Waals surface area (Å²) in [7, 11) is 0. The molecule has 0 unspecified atom stereocenters. The molecule has 152 valence electrons. The Morgan fingerprint density at radius 1 is 1.38 bits per heavy atom. The average molecular weight is 442 g/mol. The number of nitrogens with zero attached hydrogens (tertiary/aromatic N) is 3. The van der Waals surface area contributed by atoms with E-state index in [1.165, 1.54) is 24.4 Å². The van der Waals surface area contributed by atoms with Gasteiger partial charge in [0.25, 0.3) is 12.3 Å². The summed E-state index contributed by atoms with van der Waals surface area (Å²) in [6, 6.07) is 4.28. The lowest BCUT2D eigenvalue weighted by Crippen LogP contribution is -2.39. The second kappa shape index (κ2) is 6.88. The number of hydrogen-bond donors (Lipinski definition) is 2. The molecule has 3 heterocycles. The number of amidine groups is 1. The Labute approximate surface area is 173 Å². The van der Waals surface area contributed by atoms with Gasteiger partial charge in [-0.3, -0.25) is 9.79 Å². The van der Waals surface area contributed by atoms with Crippen molar-refractivity contribution in [1.29, 1.82) is 0 Å². The maximum atomic E-state index is 14.6. The largest absolute Gasteiger partial charge is 0.378 e. The molecule has 2 aliphatic rings. The Morgan fingerprint density at radius 2 is 2.14 bits per heavy atom. The van der Waals surface area contributed by atoms with Crippen molar-refractivity contribution in [2.45, 2.75) is 30.1 Å². The van der Waals surface area contributed by atoms with E-state index in [1.54, 1.807) is 6.92 Å². The first-order chi connectivity index (χ1) is 13.7. The van der Waals surface area contributed by atoms with Gasteiger partial charge in [-0.05, 0) is 31.5 Å². The molecular formula is C18H15ClF3N5OS. The molecular weight excluding hydrogens is 427 g/mol. The first-order valence-electron chi connectivity index (χ1n) is 8.57. The molecule has 0 bridgehead atoms. The van der Waals surface area contributed by atoms with E-state index in [0.29, 0.717) is 5.02 Å². The van der Waals surface area contributed by atoms with E-state index in [4.69, 9.17) is 17.3 Å². The topological polar surface area (TPSA) is 93.3 Å². The lowest BCUT2D eigenvalue weighted by molar-refractivity contribution is 0.102. The number of fused-ring (bicyclic) bond motifs is 1. The molecule has 0 saturated heterocycles. The summed E-state index contributed by atoms with van der Waals surface area (Å²) >= 11 is 6.59. The second-order valence-electron chi connectivity index (χ2n) is 7.09. The van der Waals surface area contributed by atoms with Gasteiger partial charge < -0.3 is 11.1 Å². The maximum Gasteiger partial charge on any atom is 0.274 e. The number of hydrogen-bond acceptors (Lipinski definition) is 6. The van der Waals surface area contributed by atoms with Gasteiger partial charge in [0.05, 0.1) is 27.2 Å². The molecule has 1 aliphatic carbocycles. The Kier molecular flexibility index (Phi) is 4.73. The van der Waals surface area contributed by atoms with Gasteiger partial charge in [0.2, 0.25) is 5.95 Å². The Bertz CT molecular complexity index is 1020. The lowest BCUT2D eigenvalue weighted by atomic mass is 9.86. The number of anilines is 1. The van der Waals surface area contributed by atoms with Crippen molar-refractivity contribution in [3.8, 4) is 0 Å². The highest BCUT2D eigenvalue weighted by atomic mass is 35.5. The number of alkyl halides is 2. The fourth-order valence-electron chi connectivity index (χ4n) is 3.68. The van der Waals surface area contributed by atoms with Crippen molar-refractivity contribution in [2.24, 2.45) is 16.6 Å². The van der Waals surface area contributed by atoms with Crippen LogP contribution in [0.1, 0.15) is 29.4 Å². The molecule has 2 aromatic heterocycles. The molecule has 1 amide bonds. The van der Waals surface area contributed by atoms with E-state index >= 15 is 0 Å². The Hall–Kier alpha value is -2.33. The van der Waals surface area contributed by atoms with Gasteiger partial charge in [-0.2, -0.15) is 4.39 Å². The van der Waals surface area contributed by atoms with Crippen LogP contribution in [0, 0.1) is 11.9 Å². The Balaban J connectivity index is 1.66. The minimum Gasteiger partial charge on any atom is -0.378 e. The fourth-order valence-corrected chi connectivity index (χ4v) is 5.13. The average Bonchev–Trinajstić information content (AvgIpc) is 3.40. The zero-order chi connectivity index (χ0) is 21.0. The zero-order valence-electron chi connectivity index (χ0n) is 15.0. The molecule has 3 N–H and O–H groups in total. The van der Waals surface area contributed by atoms with Crippen molar-refractivity contribution in [3.05, 3.63) is 52.8 Å². The third-order valence-corrected chi connectivity index (χ3v) is 6.77. The molecule has 3 atom stereocenters. The van der Waals surface area contributed by atoms with Gasteiger partial charge in [-0.25, -0.2) is 18.7 Å². The molecule has 1 aliphatic heterocycles. The molecule has 2 aromatic rings. The fraction of sp³-hybridized carbons (Fsp3) is 0.333. The summed E-state index contributed by atoms with van der Waals surface area (Å²) in [4.78, 5) is 24.2. The van der Waals surface area contributed by atoms with Gasteiger partial charge in [-0.15, -0.1) is 0 Å². The van der Waals surface area contributed by atoms with Gasteiger partial charge in [0.1, 0.15) is 5.69 Å². The smallest absolute Gasteiger partial charge is 0.274 e. The van der Waals surface area contributed by atoms with Crippen LogP contribution in [-0.2, 0) is 5.54 Å². The third-order valence-electron chi connectivity index (χ3n) is 5.24. The number of rotatable bonds is 4. The predicted molar refractivity (Wildman–Crippen MR) is 105 cm³/mol. The molecule has 0 spiro atoms. The normalized spacial score (nSPS) is 27.9. The van der Waals surface area contributed by atoms with Crippen LogP contribution >= 0.6 is 23.4 Å². The number of thioether (sulfide) groups is 1. The number of nitrogens with one attached hydrogen (secondary N) is 1. The van der Waals surface area contributed by atoms with Crippen LogP contribution in [-0.4, -0.2) is 32.2 Å². The lowest BCUT2D eigenvalue weighted by Gasteiger charge is -2.33. The monoisotopic (exact) mass is 441 g/mol. The molecule has 29 heavy (non-hydrogen) atoms. The summed E-state index contributed by atoms with van der Waals surface area (Å²) < 4.78 is 40.5. The van der Waals surface area contributed by atoms with Crippen LogP contribution in [0.4, 0.5) is 18.9 Å². The molecule has 1 fully saturated rings. The van der Waals surface area contributed by atoms with Gasteiger partial charge in [0, 0.05) is 17.7 Å². The van der Waals surface area contributed by atoms with Gasteiger partial charge in [0.15, 0.2) is 5.17 Å². The van der Waals surface area contributed by atoms with E-state index in [0.717, 1.165) is 18.0 Å². The van der Waals surface area contributed by atoms with Crippen LogP contribution in [0.2, 0.25) is 5.02 Å². The first-order valence-corrected chi connectivity index (χ1v) is 9.76. The summed E-state index contributed by atoms with van der Waals surface area (Å²) in [6.07, 6.45) is -0.0184. The van der Waals surface area contributed by atoms with Crippen LogP contribution in [0.25, 0.3) is 0 Å². The van der Waals surface area contributed by atoms with E-state index in [1.807, 2.05) is 0 Å². The van der Waals surface area contributed by atoms with E-state index in [9.17, 15) is 18.0 Å². The van der Waals surface area contributed by atoms with E-state index in [2.05, 4.69) is 20.3 Å². The van der Waals surface area contributed by atoms with E-state index < -0.39 is 34.5 Å². The Morgan fingerprint density at radius 3 is 2.79 bits per heavy atom. The maximum absolute atomic E-state index is 14.6. The SMILES string of the molecule is C[C@]1(c2cc(NC(=O)c3ccc(Cl)cn3)cnc2F)N=C(N)S[C@@]2(C(F)F)C[C@@H]12. The van der Waals surface area contributed by atoms with Crippen molar-refractivity contribution in [2.75, 3.05) is 5.32 Å². The van der Waals surface area contributed by atoms with Crippen molar-refractivity contribution in [1.82, 2.24) is 9.97 Å². The van der Waals surface area contributed by atoms with Crippen molar-refractivity contribution >= 4 is 40.1 Å². The highest BCUT2D eigenvalue weighted by Crippen LogP contribution is 2.68. The number of aromatic nitrogens is 2. The molecule has 11 heteroatoms. The summed E-state index contributed by atoms with van der Waals surface area (Å²) in [5, 5.41) is 2.91. The number of pyridine rings is 2. The molecule has 0 radical (unpaired) electrons. The summed E-state index contributed by atoms with van der Waals surface area (Å²) in [5.41, 5.74) is 4.75.